The lowest BCUT2D eigenvalue weighted by Crippen LogP contribution is -2.30. The molecule has 0 heterocycles. The van der Waals surface area contributed by atoms with E-state index >= 15 is 0 Å². The van der Waals surface area contributed by atoms with Crippen molar-refractivity contribution in [2.45, 2.75) is 26.0 Å². The Labute approximate surface area is 110 Å². The maximum atomic E-state index is 5.69. The van der Waals surface area contributed by atoms with Crippen LogP contribution in [0.25, 0.3) is 0 Å². The molecule has 1 rings (SSSR count). The lowest BCUT2D eigenvalue weighted by atomic mass is 10.2. The molecule has 0 aliphatic rings. The van der Waals surface area contributed by atoms with E-state index in [1.165, 1.54) is 5.56 Å². The molecule has 1 unspecified atom stereocenters. The maximum Gasteiger partial charge on any atom is 0.105 e. The largest absolute Gasteiger partial charge is 0.363 e. The average Bonchev–Trinajstić information content (AvgIpc) is 2.39. The van der Waals surface area contributed by atoms with Crippen LogP contribution in [0.15, 0.2) is 55.1 Å². The number of benzene rings is 1. The van der Waals surface area contributed by atoms with Gasteiger partial charge in [-0.1, -0.05) is 55.1 Å². The van der Waals surface area contributed by atoms with Crippen molar-refractivity contribution in [3.63, 3.8) is 0 Å². The van der Waals surface area contributed by atoms with Crippen molar-refractivity contribution in [2.75, 3.05) is 13.2 Å². The highest BCUT2D eigenvalue weighted by Crippen LogP contribution is 2.01. The Morgan fingerprint density at radius 2 is 2.11 bits per heavy atom. The SMILES string of the molecule is C=CC(=C)CCNC(C)OCCc1ccccc1. The molecular weight excluding hydrogens is 222 g/mol. The van der Waals surface area contributed by atoms with Crippen LogP contribution in [0.5, 0.6) is 0 Å². The van der Waals surface area contributed by atoms with Crippen LogP contribution in [-0.4, -0.2) is 19.4 Å². The van der Waals surface area contributed by atoms with Gasteiger partial charge >= 0.3 is 0 Å². The molecule has 0 aromatic heterocycles. The Morgan fingerprint density at radius 3 is 2.78 bits per heavy atom. The lowest BCUT2D eigenvalue weighted by Gasteiger charge is -2.15. The van der Waals surface area contributed by atoms with Crippen molar-refractivity contribution >= 4 is 0 Å². The predicted molar refractivity (Wildman–Crippen MR) is 77.5 cm³/mol. The highest BCUT2D eigenvalue weighted by atomic mass is 16.5. The molecule has 0 spiro atoms. The number of allylic oxidation sites excluding steroid dienone is 1. The minimum atomic E-state index is 0.0753. The van der Waals surface area contributed by atoms with E-state index in [9.17, 15) is 0 Å². The van der Waals surface area contributed by atoms with Crippen molar-refractivity contribution in [3.8, 4) is 0 Å². The van der Waals surface area contributed by atoms with E-state index < -0.39 is 0 Å². The second kappa shape index (κ2) is 8.67. The van der Waals surface area contributed by atoms with Gasteiger partial charge in [-0.05, 0) is 25.3 Å². The summed E-state index contributed by atoms with van der Waals surface area (Å²) in [4.78, 5) is 0. The molecule has 2 nitrogen and oxygen atoms in total. The van der Waals surface area contributed by atoms with Crippen LogP contribution < -0.4 is 5.32 Å². The average molecular weight is 245 g/mol. The molecule has 18 heavy (non-hydrogen) atoms. The number of hydrogen-bond donors (Lipinski definition) is 1. The Balaban J connectivity index is 2.08. The molecule has 98 valence electrons. The van der Waals surface area contributed by atoms with Crippen molar-refractivity contribution in [3.05, 3.63) is 60.7 Å². The van der Waals surface area contributed by atoms with E-state index in [0.29, 0.717) is 0 Å². The van der Waals surface area contributed by atoms with Gasteiger partial charge in [-0.3, -0.25) is 5.32 Å². The summed E-state index contributed by atoms with van der Waals surface area (Å²) in [5.74, 6) is 0. The Kier molecular flexibility index (Phi) is 7.07. The van der Waals surface area contributed by atoms with E-state index in [4.69, 9.17) is 4.74 Å². The molecule has 0 bridgehead atoms. The number of rotatable bonds is 9. The third kappa shape index (κ3) is 6.38. The summed E-state index contributed by atoms with van der Waals surface area (Å²) in [6, 6.07) is 10.4. The van der Waals surface area contributed by atoms with Crippen molar-refractivity contribution in [2.24, 2.45) is 0 Å². The van der Waals surface area contributed by atoms with Crippen LogP contribution in [0.4, 0.5) is 0 Å². The van der Waals surface area contributed by atoms with E-state index in [1.54, 1.807) is 6.08 Å². The molecule has 0 saturated carbocycles. The van der Waals surface area contributed by atoms with E-state index in [1.807, 2.05) is 13.0 Å². The molecule has 1 N–H and O–H groups in total. The minimum Gasteiger partial charge on any atom is -0.363 e. The van der Waals surface area contributed by atoms with E-state index in [0.717, 1.165) is 31.6 Å². The number of nitrogens with one attached hydrogen (secondary N) is 1. The van der Waals surface area contributed by atoms with E-state index in [2.05, 4.69) is 42.7 Å². The fraction of sp³-hybridized carbons (Fsp3) is 0.375. The van der Waals surface area contributed by atoms with Gasteiger partial charge in [0.15, 0.2) is 0 Å². The van der Waals surface area contributed by atoms with Gasteiger partial charge in [0.05, 0.1) is 6.61 Å². The van der Waals surface area contributed by atoms with Crippen molar-refractivity contribution in [1.82, 2.24) is 5.32 Å². The van der Waals surface area contributed by atoms with Gasteiger partial charge in [0.25, 0.3) is 0 Å². The summed E-state index contributed by atoms with van der Waals surface area (Å²) >= 11 is 0. The normalized spacial score (nSPS) is 12.1. The first-order valence-corrected chi connectivity index (χ1v) is 6.41. The van der Waals surface area contributed by atoms with Crippen molar-refractivity contribution < 1.29 is 4.74 Å². The fourth-order valence-corrected chi connectivity index (χ4v) is 1.60. The summed E-state index contributed by atoms with van der Waals surface area (Å²) < 4.78 is 5.69. The summed E-state index contributed by atoms with van der Waals surface area (Å²) in [7, 11) is 0. The summed E-state index contributed by atoms with van der Waals surface area (Å²) in [5.41, 5.74) is 2.36. The summed E-state index contributed by atoms with van der Waals surface area (Å²) in [6.07, 6.45) is 3.73. The molecule has 1 aromatic rings. The monoisotopic (exact) mass is 245 g/mol. The molecular formula is C16H23NO. The van der Waals surface area contributed by atoms with Gasteiger partial charge in [0.2, 0.25) is 0 Å². The van der Waals surface area contributed by atoms with Crippen LogP contribution in [0.1, 0.15) is 18.9 Å². The molecule has 2 heteroatoms. The van der Waals surface area contributed by atoms with Gasteiger partial charge in [-0.15, -0.1) is 0 Å². The molecule has 1 atom stereocenters. The zero-order valence-corrected chi connectivity index (χ0v) is 11.2. The van der Waals surface area contributed by atoms with Crippen LogP contribution in [0.3, 0.4) is 0 Å². The lowest BCUT2D eigenvalue weighted by molar-refractivity contribution is 0.0453. The van der Waals surface area contributed by atoms with Crippen LogP contribution in [0.2, 0.25) is 0 Å². The van der Waals surface area contributed by atoms with Gasteiger partial charge in [-0.25, -0.2) is 0 Å². The highest BCUT2D eigenvalue weighted by molar-refractivity contribution is 5.14. The first-order valence-electron chi connectivity index (χ1n) is 6.41. The van der Waals surface area contributed by atoms with Gasteiger partial charge < -0.3 is 4.74 Å². The zero-order valence-electron chi connectivity index (χ0n) is 11.2. The predicted octanol–water partition coefficient (Wildman–Crippen LogP) is 3.31. The number of ether oxygens (including phenoxy) is 1. The Bertz CT molecular complexity index is 359. The summed E-state index contributed by atoms with van der Waals surface area (Å²) in [6.45, 7) is 11.2. The quantitative estimate of drug-likeness (QED) is 0.532. The second-order valence-corrected chi connectivity index (χ2v) is 4.32. The molecule has 0 amide bonds. The van der Waals surface area contributed by atoms with Crippen LogP contribution >= 0.6 is 0 Å². The minimum absolute atomic E-state index is 0.0753. The standard InChI is InChI=1S/C16H23NO/c1-4-14(2)10-12-17-15(3)18-13-11-16-8-6-5-7-9-16/h4-9,15,17H,1-2,10-13H2,3H3. The number of hydrogen-bond acceptors (Lipinski definition) is 2. The molecule has 0 aliphatic heterocycles. The molecule has 0 radical (unpaired) electrons. The first kappa shape index (κ1) is 14.7. The smallest absolute Gasteiger partial charge is 0.105 e. The Morgan fingerprint density at radius 1 is 1.39 bits per heavy atom. The highest BCUT2D eigenvalue weighted by Gasteiger charge is 2.00. The summed E-state index contributed by atoms with van der Waals surface area (Å²) in [5, 5.41) is 3.30. The molecule has 1 aromatic carbocycles. The zero-order chi connectivity index (χ0) is 13.2. The molecule has 0 aliphatic carbocycles. The third-order valence-corrected chi connectivity index (χ3v) is 2.77. The van der Waals surface area contributed by atoms with Gasteiger partial charge in [-0.2, -0.15) is 0 Å². The third-order valence-electron chi connectivity index (χ3n) is 2.77. The van der Waals surface area contributed by atoms with Crippen LogP contribution in [0, 0.1) is 0 Å². The van der Waals surface area contributed by atoms with Crippen molar-refractivity contribution in [1.29, 1.82) is 0 Å². The fourth-order valence-electron chi connectivity index (χ4n) is 1.60. The van der Waals surface area contributed by atoms with Gasteiger partial charge in [0.1, 0.15) is 6.23 Å². The van der Waals surface area contributed by atoms with Gasteiger partial charge in [0, 0.05) is 6.54 Å². The molecule has 0 saturated heterocycles. The topological polar surface area (TPSA) is 21.3 Å². The Hall–Kier alpha value is -1.38. The van der Waals surface area contributed by atoms with E-state index in [-0.39, 0.29) is 6.23 Å². The molecule has 0 fully saturated rings. The van der Waals surface area contributed by atoms with Crippen LogP contribution in [-0.2, 0) is 11.2 Å². The first-order chi connectivity index (χ1) is 8.72. The second-order valence-electron chi connectivity index (χ2n) is 4.32. The maximum absolute atomic E-state index is 5.69.